The standard InChI is InChI=1S/C14H14N4OS/c15-11-1-2-12-10(7-11)8-13(20-12)14(19)17-4-6-18-5-3-16-9-18/h1-3,5,7-9H,4,6,15H2,(H,17,19). The van der Waals surface area contributed by atoms with Gasteiger partial charge in [0.15, 0.2) is 0 Å². The number of nitrogens with zero attached hydrogens (tertiary/aromatic N) is 2. The molecule has 0 spiro atoms. The molecule has 0 aliphatic heterocycles. The van der Waals surface area contributed by atoms with Crippen molar-refractivity contribution in [3.63, 3.8) is 0 Å². The van der Waals surface area contributed by atoms with Gasteiger partial charge in [-0.1, -0.05) is 0 Å². The van der Waals surface area contributed by atoms with Gasteiger partial charge in [-0.2, -0.15) is 0 Å². The number of benzene rings is 1. The summed E-state index contributed by atoms with van der Waals surface area (Å²) in [5.74, 6) is -0.0510. The first-order valence-electron chi connectivity index (χ1n) is 6.25. The van der Waals surface area contributed by atoms with Gasteiger partial charge in [-0.3, -0.25) is 4.79 Å². The first-order valence-corrected chi connectivity index (χ1v) is 7.07. The topological polar surface area (TPSA) is 72.9 Å². The van der Waals surface area contributed by atoms with Gasteiger partial charge in [0.1, 0.15) is 0 Å². The quantitative estimate of drug-likeness (QED) is 0.721. The SMILES string of the molecule is Nc1ccc2sc(C(=O)NCCn3ccnc3)cc2c1. The van der Waals surface area contributed by atoms with Gasteiger partial charge in [0, 0.05) is 35.9 Å². The molecule has 1 amide bonds. The molecule has 0 atom stereocenters. The van der Waals surface area contributed by atoms with Gasteiger partial charge >= 0.3 is 0 Å². The van der Waals surface area contributed by atoms with Crippen LogP contribution in [0.5, 0.6) is 0 Å². The number of hydrogen-bond donors (Lipinski definition) is 2. The number of aromatic nitrogens is 2. The van der Waals surface area contributed by atoms with Crippen LogP contribution in [0.3, 0.4) is 0 Å². The van der Waals surface area contributed by atoms with E-state index in [-0.39, 0.29) is 5.91 Å². The van der Waals surface area contributed by atoms with Crippen LogP contribution >= 0.6 is 11.3 Å². The summed E-state index contributed by atoms with van der Waals surface area (Å²) in [6.07, 6.45) is 5.32. The maximum atomic E-state index is 12.1. The highest BCUT2D eigenvalue weighted by atomic mass is 32.1. The summed E-state index contributed by atoms with van der Waals surface area (Å²) < 4.78 is 2.99. The average molecular weight is 286 g/mol. The molecule has 3 N–H and O–H groups in total. The first kappa shape index (κ1) is 12.7. The van der Waals surface area contributed by atoms with Gasteiger partial charge in [0.25, 0.3) is 5.91 Å². The number of fused-ring (bicyclic) bond motifs is 1. The molecular weight excluding hydrogens is 272 g/mol. The third-order valence-electron chi connectivity index (χ3n) is 2.98. The second kappa shape index (κ2) is 5.34. The van der Waals surface area contributed by atoms with E-state index in [0.29, 0.717) is 23.7 Å². The zero-order chi connectivity index (χ0) is 13.9. The average Bonchev–Trinajstić information content (AvgIpc) is 3.06. The molecule has 0 fully saturated rings. The zero-order valence-electron chi connectivity index (χ0n) is 10.7. The van der Waals surface area contributed by atoms with Crippen LogP contribution in [0.4, 0.5) is 5.69 Å². The summed E-state index contributed by atoms with van der Waals surface area (Å²) in [6.45, 7) is 1.29. The Hall–Kier alpha value is -2.34. The van der Waals surface area contributed by atoms with Gasteiger partial charge in [-0.15, -0.1) is 11.3 Å². The third kappa shape index (κ3) is 2.65. The molecule has 0 aliphatic carbocycles. The lowest BCUT2D eigenvalue weighted by atomic mass is 10.2. The minimum absolute atomic E-state index is 0.0510. The Labute approximate surface area is 120 Å². The molecule has 0 aliphatic rings. The molecule has 3 rings (SSSR count). The number of anilines is 1. The lowest BCUT2D eigenvalue weighted by molar-refractivity contribution is 0.0956. The number of amides is 1. The van der Waals surface area contributed by atoms with Gasteiger partial charge in [0.2, 0.25) is 0 Å². The van der Waals surface area contributed by atoms with Crippen molar-refractivity contribution in [2.24, 2.45) is 0 Å². The number of imidazole rings is 1. The molecule has 0 radical (unpaired) electrons. The Morgan fingerprint density at radius 1 is 1.40 bits per heavy atom. The Morgan fingerprint density at radius 2 is 2.30 bits per heavy atom. The highest BCUT2D eigenvalue weighted by Gasteiger charge is 2.09. The lowest BCUT2D eigenvalue weighted by Crippen LogP contribution is -2.26. The van der Waals surface area contributed by atoms with Crippen molar-refractivity contribution in [3.05, 3.63) is 47.9 Å². The molecule has 2 heterocycles. The molecule has 5 nitrogen and oxygen atoms in total. The summed E-state index contributed by atoms with van der Waals surface area (Å²) in [5, 5.41) is 3.91. The molecule has 20 heavy (non-hydrogen) atoms. The van der Waals surface area contributed by atoms with Gasteiger partial charge in [-0.05, 0) is 29.7 Å². The number of nitrogens with two attached hydrogens (primary N) is 1. The van der Waals surface area contributed by atoms with Crippen LogP contribution in [0.25, 0.3) is 10.1 Å². The van der Waals surface area contributed by atoms with E-state index in [2.05, 4.69) is 10.3 Å². The van der Waals surface area contributed by atoms with Crippen LogP contribution in [-0.2, 0) is 6.54 Å². The van der Waals surface area contributed by atoms with E-state index in [1.165, 1.54) is 11.3 Å². The predicted molar refractivity (Wildman–Crippen MR) is 80.8 cm³/mol. The molecule has 0 saturated heterocycles. The molecule has 1 aromatic carbocycles. The predicted octanol–water partition coefficient (Wildman–Crippen LogP) is 2.11. The molecule has 0 bridgehead atoms. The minimum Gasteiger partial charge on any atom is -0.399 e. The Bertz CT molecular complexity index is 733. The van der Waals surface area contributed by atoms with Crippen molar-refractivity contribution in [2.75, 3.05) is 12.3 Å². The van der Waals surface area contributed by atoms with Crippen molar-refractivity contribution in [2.45, 2.75) is 6.54 Å². The summed E-state index contributed by atoms with van der Waals surface area (Å²) in [4.78, 5) is 16.7. The summed E-state index contributed by atoms with van der Waals surface area (Å²) >= 11 is 1.48. The minimum atomic E-state index is -0.0510. The number of hydrogen-bond acceptors (Lipinski definition) is 4. The third-order valence-corrected chi connectivity index (χ3v) is 4.09. The van der Waals surface area contributed by atoms with Gasteiger partial charge in [-0.25, -0.2) is 4.98 Å². The monoisotopic (exact) mass is 286 g/mol. The number of nitrogen functional groups attached to an aromatic ring is 1. The maximum Gasteiger partial charge on any atom is 0.261 e. The fraction of sp³-hybridized carbons (Fsp3) is 0.143. The van der Waals surface area contributed by atoms with Crippen LogP contribution in [0, 0.1) is 0 Å². The second-order valence-corrected chi connectivity index (χ2v) is 5.55. The zero-order valence-corrected chi connectivity index (χ0v) is 11.6. The highest BCUT2D eigenvalue weighted by molar-refractivity contribution is 7.20. The molecule has 3 aromatic rings. The van der Waals surface area contributed by atoms with Crippen LogP contribution in [0.2, 0.25) is 0 Å². The number of rotatable bonds is 4. The molecule has 0 unspecified atom stereocenters. The van der Waals surface area contributed by atoms with Crippen LogP contribution in [0.15, 0.2) is 43.0 Å². The van der Waals surface area contributed by atoms with Gasteiger partial charge < -0.3 is 15.6 Å². The van der Waals surface area contributed by atoms with E-state index in [9.17, 15) is 4.79 Å². The molecule has 2 aromatic heterocycles. The van der Waals surface area contributed by atoms with Crippen molar-refractivity contribution < 1.29 is 4.79 Å². The maximum absolute atomic E-state index is 12.1. The van der Waals surface area contributed by atoms with E-state index in [1.54, 1.807) is 12.5 Å². The Balaban J connectivity index is 1.66. The first-order chi connectivity index (χ1) is 9.72. The van der Waals surface area contributed by atoms with E-state index >= 15 is 0 Å². The molecular formula is C14H14N4OS. The number of thiophene rings is 1. The number of carbonyl (C=O) groups is 1. The van der Waals surface area contributed by atoms with Crippen molar-refractivity contribution in [1.29, 1.82) is 0 Å². The van der Waals surface area contributed by atoms with Gasteiger partial charge in [0.05, 0.1) is 11.2 Å². The summed E-state index contributed by atoms with van der Waals surface area (Å²) in [7, 11) is 0. The van der Waals surface area contributed by atoms with E-state index < -0.39 is 0 Å². The van der Waals surface area contributed by atoms with E-state index in [1.807, 2.05) is 35.0 Å². The largest absolute Gasteiger partial charge is 0.399 e. The van der Waals surface area contributed by atoms with Crippen LogP contribution in [-0.4, -0.2) is 22.0 Å². The fourth-order valence-electron chi connectivity index (χ4n) is 1.98. The van der Waals surface area contributed by atoms with Crippen LogP contribution < -0.4 is 11.1 Å². The Kier molecular flexibility index (Phi) is 3.39. The van der Waals surface area contributed by atoms with Crippen LogP contribution in [0.1, 0.15) is 9.67 Å². The highest BCUT2D eigenvalue weighted by Crippen LogP contribution is 2.27. The molecule has 102 valence electrons. The summed E-state index contributed by atoms with van der Waals surface area (Å²) in [6, 6.07) is 7.55. The lowest BCUT2D eigenvalue weighted by Gasteiger charge is -2.03. The van der Waals surface area contributed by atoms with Crippen molar-refractivity contribution in [1.82, 2.24) is 14.9 Å². The van der Waals surface area contributed by atoms with Crippen molar-refractivity contribution >= 4 is 33.0 Å². The fourth-order valence-corrected chi connectivity index (χ4v) is 2.94. The summed E-state index contributed by atoms with van der Waals surface area (Å²) in [5.41, 5.74) is 6.45. The second-order valence-electron chi connectivity index (χ2n) is 4.46. The normalized spacial score (nSPS) is 10.8. The number of nitrogens with one attached hydrogen (secondary N) is 1. The smallest absolute Gasteiger partial charge is 0.261 e. The number of carbonyl (C=O) groups excluding carboxylic acids is 1. The molecule has 0 saturated carbocycles. The molecule has 6 heteroatoms. The van der Waals surface area contributed by atoms with E-state index in [4.69, 9.17) is 5.73 Å². The Morgan fingerprint density at radius 3 is 3.10 bits per heavy atom. The van der Waals surface area contributed by atoms with E-state index in [0.717, 1.165) is 10.1 Å². The van der Waals surface area contributed by atoms with Crippen molar-refractivity contribution in [3.8, 4) is 0 Å².